The molecule has 1 N–H and O–H groups in total. The Bertz CT molecular complexity index is 887. The van der Waals surface area contributed by atoms with Crippen molar-refractivity contribution in [2.45, 2.75) is 19.9 Å². The van der Waals surface area contributed by atoms with E-state index in [2.05, 4.69) is 96.6 Å². The van der Waals surface area contributed by atoms with Crippen molar-refractivity contribution >= 4 is 23.2 Å². The quantitative estimate of drug-likeness (QED) is 0.606. The predicted octanol–water partition coefficient (Wildman–Crippen LogP) is 5.15. The molecule has 0 amide bonds. The first-order chi connectivity index (χ1) is 12.2. The number of nitrogens with one attached hydrogen (secondary N) is 1. The average Bonchev–Trinajstić information content (AvgIpc) is 2.64. The molecule has 1 aliphatic rings. The molecule has 25 heavy (non-hydrogen) atoms. The minimum absolute atomic E-state index is 0.344. The van der Waals surface area contributed by atoms with Crippen LogP contribution in [0, 0.1) is 0 Å². The molecule has 0 aromatic heterocycles. The summed E-state index contributed by atoms with van der Waals surface area (Å²) in [5, 5.41) is 5.84. The van der Waals surface area contributed by atoms with Gasteiger partial charge >= 0.3 is 0 Å². The predicted molar refractivity (Wildman–Crippen MR) is 109 cm³/mol. The van der Waals surface area contributed by atoms with Crippen molar-refractivity contribution in [2.75, 3.05) is 4.90 Å². The number of benzene rings is 2. The molecular formula is C22H23N3. The van der Waals surface area contributed by atoms with Gasteiger partial charge in [0.25, 0.3) is 0 Å². The van der Waals surface area contributed by atoms with Crippen LogP contribution in [-0.4, -0.2) is 12.8 Å². The van der Waals surface area contributed by atoms with Crippen molar-refractivity contribution in [1.82, 2.24) is 5.32 Å². The monoisotopic (exact) mass is 329 g/mol. The topological polar surface area (TPSA) is 27.6 Å². The lowest BCUT2D eigenvalue weighted by molar-refractivity contribution is 0.748. The van der Waals surface area contributed by atoms with Crippen molar-refractivity contribution < 1.29 is 0 Å². The van der Waals surface area contributed by atoms with E-state index in [-0.39, 0.29) is 0 Å². The molecule has 0 spiro atoms. The lowest BCUT2D eigenvalue weighted by atomic mass is 10.1. The smallest absolute Gasteiger partial charge is 0.0612 e. The third kappa shape index (κ3) is 3.89. The summed E-state index contributed by atoms with van der Waals surface area (Å²) in [6, 6.07) is 15.3. The molecule has 0 saturated carbocycles. The average molecular weight is 329 g/mol. The van der Waals surface area contributed by atoms with Gasteiger partial charge in [0.05, 0.1) is 5.70 Å². The van der Waals surface area contributed by atoms with Gasteiger partial charge in [-0.1, -0.05) is 36.4 Å². The summed E-state index contributed by atoms with van der Waals surface area (Å²) in [7, 11) is 0. The van der Waals surface area contributed by atoms with Gasteiger partial charge in [-0.15, -0.1) is 0 Å². The van der Waals surface area contributed by atoms with Crippen LogP contribution in [0.4, 0.5) is 5.69 Å². The van der Waals surface area contributed by atoms with Crippen molar-refractivity contribution in [3.8, 4) is 0 Å². The molecule has 0 radical (unpaired) electrons. The van der Waals surface area contributed by atoms with Crippen molar-refractivity contribution in [3.63, 3.8) is 0 Å². The molecule has 1 aliphatic heterocycles. The van der Waals surface area contributed by atoms with Crippen LogP contribution in [0.2, 0.25) is 0 Å². The molecule has 0 bridgehead atoms. The van der Waals surface area contributed by atoms with Gasteiger partial charge in [0.1, 0.15) is 0 Å². The maximum absolute atomic E-state index is 3.77. The molecule has 1 unspecified atom stereocenters. The van der Waals surface area contributed by atoms with Gasteiger partial charge in [0, 0.05) is 29.8 Å². The summed E-state index contributed by atoms with van der Waals surface area (Å²) < 4.78 is 0. The van der Waals surface area contributed by atoms with Crippen LogP contribution in [0.1, 0.15) is 13.8 Å². The Morgan fingerprint density at radius 2 is 2.00 bits per heavy atom. The highest BCUT2D eigenvalue weighted by atomic mass is 15.2. The van der Waals surface area contributed by atoms with E-state index in [4.69, 9.17) is 0 Å². The van der Waals surface area contributed by atoms with Gasteiger partial charge < -0.3 is 10.2 Å². The van der Waals surface area contributed by atoms with E-state index >= 15 is 0 Å². The lowest BCUT2D eigenvalue weighted by Gasteiger charge is -2.29. The molecule has 1 atom stereocenters. The maximum Gasteiger partial charge on any atom is 0.0612 e. The van der Waals surface area contributed by atoms with Crippen LogP contribution >= 0.6 is 0 Å². The summed E-state index contributed by atoms with van der Waals surface area (Å²) >= 11 is 0. The van der Waals surface area contributed by atoms with Crippen LogP contribution in [0.3, 0.4) is 0 Å². The van der Waals surface area contributed by atoms with Gasteiger partial charge in [-0.2, -0.15) is 0 Å². The number of fused-ring (bicyclic) bond motifs is 1. The van der Waals surface area contributed by atoms with Gasteiger partial charge in [-0.05, 0) is 61.7 Å². The second-order valence-corrected chi connectivity index (χ2v) is 6.08. The zero-order valence-electron chi connectivity index (χ0n) is 14.7. The summed E-state index contributed by atoms with van der Waals surface area (Å²) in [4.78, 5) is 6.00. The Morgan fingerprint density at radius 3 is 2.72 bits per heavy atom. The number of hydrogen-bond donors (Lipinski definition) is 1. The zero-order chi connectivity index (χ0) is 17.6. The number of allylic oxidation sites excluding steroid dienone is 4. The molecule has 0 fully saturated rings. The number of aliphatic imine (C=N–C) groups is 1. The fourth-order valence-electron chi connectivity index (χ4n) is 2.89. The Kier molecular flexibility index (Phi) is 5.14. The second-order valence-electron chi connectivity index (χ2n) is 6.08. The summed E-state index contributed by atoms with van der Waals surface area (Å²) in [6.45, 7) is 7.70. The Balaban J connectivity index is 2.05. The highest BCUT2D eigenvalue weighted by molar-refractivity contribution is 5.86. The SMILES string of the molecule is C=N/C=C\C=C(/C)N(C1=CNC(C)C=C1)c1ccc2ccccc2c1. The molecular weight excluding hydrogens is 306 g/mol. The Labute approximate surface area is 149 Å². The van der Waals surface area contributed by atoms with E-state index in [0.717, 1.165) is 17.1 Å². The number of hydrogen-bond acceptors (Lipinski definition) is 3. The maximum atomic E-state index is 3.77. The molecule has 3 rings (SSSR count). The molecule has 2 aromatic carbocycles. The number of nitrogens with zero attached hydrogens (tertiary/aromatic N) is 2. The minimum atomic E-state index is 0.344. The van der Waals surface area contributed by atoms with E-state index in [1.165, 1.54) is 10.8 Å². The van der Waals surface area contributed by atoms with E-state index in [1.807, 2.05) is 12.2 Å². The van der Waals surface area contributed by atoms with Gasteiger partial charge in [0.15, 0.2) is 0 Å². The molecule has 0 aliphatic carbocycles. The fraction of sp³-hybridized carbons (Fsp3) is 0.136. The third-order valence-electron chi connectivity index (χ3n) is 4.18. The first kappa shape index (κ1) is 16.8. The van der Waals surface area contributed by atoms with Crippen LogP contribution in [0.25, 0.3) is 10.8 Å². The van der Waals surface area contributed by atoms with E-state index in [0.29, 0.717) is 6.04 Å². The number of rotatable bonds is 5. The lowest BCUT2D eigenvalue weighted by Crippen LogP contribution is -2.27. The molecule has 1 heterocycles. The largest absolute Gasteiger partial charge is 0.383 e. The minimum Gasteiger partial charge on any atom is -0.383 e. The van der Waals surface area contributed by atoms with E-state index in [1.54, 1.807) is 6.20 Å². The van der Waals surface area contributed by atoms with Gasteiger partial charge in [-0.25, -0.2) is 0 Å². The first-order valence-electron chi connectivity index (χ1n) is 8.41. The van der Waals surface area contributed by atoms with Crippen molar-refractivity contribution in [3.05, 3.63) is 90.6 Å². The Hall–Kier alpha value is -3.07. The molecule has 2 aromatic rings. The summed E-state index contributed by atoms with van der Waals surface area (Å²) in [5.74, 6) is 0. The van der Waals surface area contributed by atoms with Crippen LogP contribution in [0.5, 0.6) is 0 Å². The van der Waals surface area contributed by atoms with Crippen molar-refractivity contribution in [2.24, 2.45) is 4.99 Å². The fourth-order valence-corrected chi connectivity index (χ4v) is 2.89. The van der Waals surface area contributed by atoms with E-state index in [9.17, 15) is 0 Å². The van der Waals surface area contributed by atoms with Crippen LogP contribution < -0.4 is 10.2 Å². The molecule has 3 nitrogen and oxygen atoms in total. The highest BCUT2D eigenvalue weighted by Gasteiger charge is 2.15. The van der Waals surface area contributed by atoms with Gasteiger partial charge in [-0.3, -0.25) is 4.99 Å². The van der Waals surface area contributed by atoms with Crippen molar-refractivity contribution in [1.29, 1.82) is 0 Å². The first-order valence-corrected chi connectivity index (χ1v) is 8.41. The van der Waals surface area contributed by atoms with Gasteiger partial charge in [0.2, 0.25) is 0 Å². The number of dihydropyridines is 1. The highest BCUT2D eigenvalue weighted by Crippen LogP contribution is 2.29. The third-order valence-corrected chi connectivity index (χ3v) is 4.18. The molecule has 0 saturated heterocycles. The summed E-state index contributed by atoms with van der Waals surface area (Å²) in [5.41, 5.74) is 3.32. The second kappa shape index (κ2) is 7.67. The number of anilines is 1. The van der Waals surface area contributed by atoms with Crippen LogP contribution in [0.15, 0.2) is 95.6 Å². The molecule has 3 heteroatoms. The summed E-state index contributed by atoms with van der Waals surface area (Å²) in [6.07, 6.45) is 12.0. The zero-order valence-corrected chi connectivity index (χ0v) is 14.7. The Morgan fingerprint density at radius 1 is 1.20 bits per heavy atom. The van der Waals surface area contributed by atoms with E-state index < -0.39 is 0 Å². The normalized spacial score (nSPS) is 17.4. The molecule has 126 valence electrons. The standard InChI is InChI=1S/C22H23N3/c1-17-10-12-22(16-24-17)25(18(2)7-6-14-23-3)21-13-11-19-8-4-5-9-20(19)15-21/h4-17,24H,3H2,1-2H3/b14-6-,18-7+. The van der Waals surface area contributed by atoms with Crippen LogP contribution in [-0.2, 0) is 0 Å².